The van der Waals surface area contributed by atoms with Crippen LogP contribution in [-0.4, -0.2) is 10.1 Å². The van der Waals surface area contributed by atoms with Gasteiger partial charge in [-0.3, -0.25) is 0 Å². The van der Waals surface area contributed by atoms with Crippen LogP contribution in [-0.2, 0) is 12.8 Å². The van der Waals surface area contributed by atoms with Gasteiger partial charge in [0.1, 0.15) is 0 Å². The van der Waals surface area contributed by atoms with Gasteiger partial charge in [-0.15, -0.1) is 0 Å². The second-order valence-corrected chi connectivity index (χ2v) is 7.07. The van der Waals surface area contributed by atoms with Crippen molar-refractivity contribution in [3.63, 3.8) is 0 Å². The largest absolute Gasteiger partial charge is 0.353 e. The summed E-state index contributed by atoms with van der Waals surface area (Å²) in [5.74, 6) is 1.82. The molecule has 0 fully saturated rings. The van der Waals surface area contributed by atoms with Crippen molar-refractivity contribution in [2.45, 2.75) is 26.7 Å². The van der Waals surface area contributed by atoms with Crippen LogP contribution in [0, 0.1) is 5.92 Å². The van der Waals surface area contributed by atoms with Gasteiger partial charge in [0.05, 0.1) is 22.2 Å². The Balaban J connectivity index is 1.83. The summed E-state index contributed by atoms with van der Waals surface area (Å²) < 4.78 is 5.38. The first-order valence-corrected chi connectivity index (χ1v) is 8.89. The van der Waals surface area contributed by atoms with E-state index in [1.54, 1.807) is 12.1 Å². The van der Waals surface area contributed by atoms with Crippen LogP contribution in [0.15, 0.2) is 47.0 Å². The Hall–Kier alpha value is -2.04. The molecule has 0 saturated heterocycles. The van der Waals surface area contributed by atoms with Crippen molar-refractivity contribution in [3.05, 3.63) is 69.8 Å². The fourth-order valence-electron chi connectivity index (χ4n) is 2.52. The van der Waals surface area contributed by atoms with Crippen molar-refractivity contribution in [1.29, 1.82) is 0 Å². The topological polar surface area (TPSA) is 51.0 Å². The highest BCUT2D eigenvalue weighted by Gasteiger charge is 2.13. The number of benzene rings is 2. The quantitative estimate of drug-likeness (QED) is 0.581. The lowest BCUT2D eigenvalue weighted by atomic mass is 10.1. The molecule has 3 aromatic rings. The number of halogens is 2. The van der Waals surface area contributed by atoms with Crippen molar-refractivity contribution < 1.29 is 4.52 Å². The van der Waals surface area contributed by atoms with E-state index in [4.69, 9.17) is 27.7 Å². The Morgan fingerprint density at radius 3 is 2.48 bits per heavy atom. The zero-order valence-corrected chi connectivity index (χ0v) is 15.6. The van der Waals surface area contributed by atoms with Crippen molar-refractivity contribution in [3.8, 4) is 0 Å². The summed E-state index contributed by atoms with van der Waals surface area (Å²) in [5, 5.41) is 8.50. The van der Waals surface area contributed by atoms with E-state index in [1.807, 2.05) is 30.3 Å². The molecular weight excluding hydrogens is 357 g/mol. The highest BCUT2D eigenvalue weighted by molar-refractivity contribution is 6.39. The van der Waals surface area contributed by atoms with E-state index in [9.17, 15) is 0 Å². The lowest BCUT2D eigenvalue weighted by molar-refractivity contribution is 0.377. The monoisotopic (exact) mass is 375 g/mol. The molecule has 0 radical (unpaired) electrons. The SMILES string of the molecule is CC(C)Cc1noc(Cc2ccccc2Nc2c(Cl)cccc2Cl)n1. The summed E-state index contributed by atoms with van der Waals surface area (Å²) in [6.07, 6.45) is 1.34. The molecule has 0 aliphatic carbocycles. The molecule has 0 bridgehead atoms. The van der Waals surface area contributed by atoms with Crippen molar-refractivity contribution in [1.82, 2.24) is 10.1 Å². The molecule has 2 aromatic carbocycles. The molecule has 0 saturated carbocycles. The van der Waals surface area contributed by atoms with Crippen LogP contribution in [0.2, 0.25) is 10.0 Å². The van der Waals surface area contributed by atoms with Gasteiger partial charge in [0.15, 0.2) is 5.82 Å². The lowest BCUT2D eigenvalue weighted by Crippen LogP contribution is -1.99. The third kappa shape index (κ3) is 4.53. The number of hydrogen-bond donors (Lipinski definition) is 1. The van der Waals surface area contributed by atoms with Crippen molar-refractivity contribution in [2.24, 2.45) is 5.92 Å². The summed E-state index contributed by atoms with van der Waals surface area (Å²) in [5.41, 5.74) is 2.61. The summed E-state index contributed by atoms with van der Waals surface area (Å²) in [7, 11) is 0. The predicted octanol–water partition coefficient (Wildman–Crippen LogP) is 5.91. The Bertz CT molecular complexity index is 841. The third-order valence-corrected chi connectivity index (χ3v) is 4.31. The number of aromatic nitrogens is 2. The molecule has 130 valence electrons. The molecule has 3 rings (SSSR count). The molecule has 0 unspecified atom stereocenters. The van der Waals surface area contributed by atoms with Crippen LogP contribution in [0.5, 0.6) is 0 Å². The average molecular weight is 376 g/mol. The van der Waals surface area contributed by atoms with Gasteiger partial charge in [0.25, 0.3) is 0 Å². The van der Waals surface area contributed by atoms with E-state index in [0.717, 1.165) is 23.5 Å². The molecule has 0 amide bonds. The average Bonchev–Trinajstić information content (AvgIpc) is 2.99. The molecule has 4 nitrogen and oxygen atoms in total. The molecule has 0 aliphatic rings. The van der Waals surface area contributed by atoms with Gasteiger partial charge in [0, 0.05) is 12.1 Å². The Labute approximate surface area is 157 Å². The minimum Gasteiger partial charge on any atom is -0.353 e. The van der Waals surface area contributed by atoms with Crippen molar-refractivity contribution >= 4 is 34.6 Å². The molecule has 6 heteroatoms. The number of rotatable bonds is 6. The highest BCUT2D eigenvalue weighted by atomic mass is 35.5. The van der Waals surface area contributed by atoms with Gasteiger partial charge in [-0.25, -0.2) is 0 Å². The molecule has 0 spiro atoms. The van der Waals surface area contributed by atoms with E-state index in [2.05, 4.69) is 29.3 Å². The summed E-state index contributed by atoms with van der Waals surface area (Å²) in [6, 6.07) is 13.3. The Morgan fingerprint density at radius 2 is 1.76 bits per heavy atom. The number of anilines is 2. The van der Waals surface area contributed by atoms with Gasteiger partial charge in [-0.2, -0.15) is 4.98 Å². The standard InChI is InChI=1S/C19H19Cl2N3O/c1-12(2)10-17-23-18(25-24-17)11-13-6-3-4-9-16(13)22-19-14(20)7-5-8-15(19)21/h3-9,12,22H,10-11H2,1-2H3. The molecule has 0 aliphatic heterocycles. The van der Waals surface area contributed by atoms with E-state index in [-0.39, 0.29) is 0 Å². The van der Waals surface area contributed by atoms with Gasteiger partial charge < -0.3 is 9.84 Å². The zero-order chi connectivity index (χ0) is 17.8. The second-order valence-electron chi connectivity index (χ2n) is 6.26. The lowest BCUT2D eigenvalue weighted by Gasteiger charge is -2.13. The summed E-state index contributed by atoms with van der Waals surface area (Å²) in [6.45, 7) is 4.26. The van der Waals surface area contributed by atoms with Crippen molar-refractivity contribution in [2.75, 3.05) is 5.32 Å². The molecular formula is C19H19Cl2N3O. The van der Waals surface area contributed by atoms with Gasteiger partial charge in [-0.05, 0) is 29.7 Å². The first kappa shape index (κ1) is 17.8. The van der Waals surface area contributed by atoms with E-state index >= 15 is 0 Å². The van der Waals surface area contributed by atoms with Crippen LogP contribution < -0.4 is 5.32 Å². The minimum atomic E-state index is 0.488. The molecule has 0 atom stereocenters. The molecule has 1 N–H and O–H groups in total. The minimum absolute atomic E-state index is 0.488. The maximum Gasteiger partial charge on any atom is 0.231 e. The van der Waals surface area contributed by atoms with Crippen LogP contribution >= 0.6 is 23.2 Å². The molecule has 25 heavy (non-hydrogen) atoms. The number of nitrogens with zero attached hydrogens (tertiary/aromatic N) is 2. The van der Waals surface area contributed by atoms with E-state index < -0.39 is 0 Å². The Morgan fingerprint density at radius 1 is 1.04 bits per heavy atom. The zero-order valence-electron chi connectivity index (χ0n) is 14.1. The van der Waals surface area contributed by atoms with Crippen LogP contribution in [0.25, 0.3) is 0 Å². The normalized spacial score (nSPS) is 11.1. The van der Waals surface area contributed by atoms with E-state index in [1.165, 1.54) is 0 Å². The van der Waals surface area contributed by atoms with Crippen LogP contribution in [0.3, 0.4) is 0 Å². The maximum atomic E-state index is 6.26. The molecule has 1 heterocycles. The first-order chi connectivity index (χ1) is 12.0. The predicted molar refractivity (Wildman–Crippen MR) is 102 cm³/mol. The second kappa shape index (κ2) is 7.89. The van der Waals surface area contributed by atoms with Crippen LogP contribution in [0.4, 0.5) is 11.4 Å². The van der Waals surface area contributed by atoms with Gasteiger partial charge in [-0.1, -0.05) is 66.5 Å². The summed E-state index contributed by atoms with van der Waals surface area (Å²) in [4.78, 5) is 4.47. The Kier molecular flexibility index (Phi) is 5.61. The van der Waals surface area contributed by atoms with Crippen LogP contribution in [0.1, 0.15) is 31.1 Å². The maximum absolute atomic E-state index is 6.26. The fourth-order valence-corrected chi connectivity index (χ4v) is 3.01. The number of nitrogens with one attached hydrogen (secondary N) is 1. The number of para-hydroxylation sites is 2. The summed E-state index contributed by atoms with van der Waals surface area (Å²) >= 11 is 12.5. The highest BCUT2D eigenvalue weighted by Crippen LogP contribution is 2.33. The smallest absolute Gasteiger partial charge is 0.231 e. The first-order valence-electron chi connectivity index (χ1n) is 8.13. The third-order valence-electron chi connectivity index (χ3n) is 3.68. The van der Waals surface area contributed by atoms with Gasteiger partial charge >= 0.3 is 0 Å². The van der Waals surface area contributed by atoms with E-state index in [0.29, 0.717) is 34.0 Å². The number of hydrogen-bond acceptors (Lipinski definition) is 4. The van der Waals surface area contributed by atoms with Gasteiger partial charge in [0.2, 0.25) is 5.89 Å². The fraction of sp³-hybridized carbons (Fsp3) is 0.263. The molecule has 1 aromatic heterocycles.